The maximum absolute atomic E-state index is 10.6. The van der Waals surface area contributed by atoms with Gasteiger partial charge in [-0.15, -0.1) is 0 Å². The molecule has 70 valence electrons. The molecule has 0 unspecified atom stereocenters. The van der Waals surface area contributed by atoms with Crippen LogP contribution in [0.4, 0.5) is 0 Å². The number of nitrogens with one attached hydrogen (secondary N) is 1. The van der Waals surface area contributed by atoms with Gasteiger partial charge in [-0.05, 0) is 23.8 Å². The zero-order valence-electron chi connectivity index (χ0n) is 7.17. The van der Waals surface area contributed by atoms with Crippen molar-refractivity contribution >= 4 is 17.5 Å². The summed E-state index contributed by atoms with van der Waals surface area (Å²) in [6.07, 6.45) is 0. The number of rotatable bonds is 2. The summed E-state index contributed by atoms with van der Waals surface area (Å²) >= 11 is 5.69. The molecule has 1 aromatic rings. The van der Waals surface area contributed by atoms with Gasteiger partial charge in [0, 0.05) is 18.5 Å². The lowest BCUT2D eigenvalue weighted by Gasteiger charge is -2.03. The van der Waals surface area contributed by atoms with Crippen molar-refractivity contribution in [3.63, 3.8) is 0 Å². The number of amides is 1. The van der Waals surface area contributed by atoms with Gasteiger partial charge in [-0.1, -0.05) is 11.6 Å². The molecule has 0 bridgehead atoms. The van der Waals surface area contributed by atoms with Gasteiger partial charge >= 0.3 is 0 Å². The Labute approximate surface area is 81.3 Å². The number of hydrogen-bond acceptors (Lipinski definition) is 2. The van der Waals surface area contributed by atoms with E-state index < -0.39 is 0 Å². The van der Waals surface area contributed by atoms with Crippen molar-refractivity contribution in [2.24, 2.45) is 0 Å². The lowest BCUT2D eigenvalue weighted by molar-refractivity contribution is -0.119. The van der Waals surface area contributed by atoms with Gasteiger partial charge in [0.25, 0.3) is 0 Å². The van der Waals surface area contributed by atoms with E-state index in [9.17, 15) is 4.79 Å². The summed E-state index contributed by atoms with van der Waals surface area (Å²) in [5.41, 5.74) is 0.778. The maximum atomic E-state index is 10.6. The second-order valence-electron chi connectivity index (χ2n) is 2.73. The van der Waals surface area contributed by atoms with Gasteiger partial charge in [0.1, 0.15) is 5.75 Å². The fraction of sp³-hybridized carbons (Fsp3) is 0.222. The molecular weight excluding hydrogens is 190 g/mol. The van der Waals surface area contributed by atoms with Crippen molar-refractivity contribution in [3.05, 3.63) is 28.8 Å². The molecule has 0 fully saturated rings. The van der Waals surface area contributed by atoms with Gasteiger partial charge in [0.05, 0.1) is 0 Å². The first-order valence-electron chi connectivity index (χ1n) is 3.81. The van der Waals surface area contributed by atoms with E-state index in [2.05, 4.69) is 5.32 Å². The number of phenolic OH excluding ortho intramolecular Hbond substituents is 1. The smallest absolute Gasteiger partial charge is 0.217 e. The van der Waals surface area contributed by atoms with Gasteiger partial charge < -0.3 is 10.4 Å². The minimum absolute atomic E-state index is 0.104. The van der Waals surface area contributed by atoms with E-state index in [-0.39, 0.29) is 11.7 Å². The third-order valence-electron chi connectivity index (χ3n) is 1.48. The highest BCUT2D eigenvalue weighted by Gasteiger charge is 1.98. The molecule has 3 nitrogen and oxygen atoms in total. The summed E-state index contributed by atoms with van der Waals surface area (Å²) in [6.45, 7) is 1.81. The molecule has 1 amide bonds. The average molecular weight is 200 g/mol. The van der Waals surface area contributed by atoms with Crippen molar-refractivity contribution in [1.82, 2.24) is 5.32 Å². The maximum Gasteiger partial charge on any atom is 0.217 e. The number of carbonyl (C=O) groups is 1. The van der Waals surface area contributed by atoms with Gasteiger partial charge in [0.15, 0.2) is 0 Å². The van der Waals surface area contributed by atoms with Gasteiger partial charge in [0.2, 0.25) is 5.91 Å². The van der Waals surface area contributed by atoms with Crippen LogP contribution in [-0.2, 0) is 11.3 Å². The minimum atomic E-state index is -0.112. The summed E-state index contributed by atoms with van der Waals surface area (Å²) in [6, 6.07) is 4.69. The molecule has 1 aromatic carbocycles. The van der Waals surface area contributed by atoms with Crippen molar-refractivity contribution < 1.29 is 9.90 Å². The summed E-state index contributed by atoms with van der Waals surface area (Å²) in [4.78, 5) is 10.6. The lowest BCUT2D eigenvalue weighted by Crippen LogP contribution is -2.18. The summed E-state index contributed by atoms with van der Waals surface area (Å²) in [5, 5.41) is 12.2. The molecule has 0 saturated carbocycles. The standard InChI is InChI=1S/C9H10ClNO2/c1-6(12)11-5-7-2-8(10)4-9(13)3-7/h2-4,13H,5H2,1H3,(H,11,12). The van der Waals surface area contributed by atoms with E-state index >= 15 is 0 Å². The molecule has 0 atom stereocenters. The second-order valence-corrected chi connectivity index (χ2v) is 3.16. The molecule has 0 saturated heterocycles. The summed E-state index contributed by atoms with van der Waals surface area (Å²) in [7, 11) is 0. The zero-order chi connectivity index (χ0) is 9.84. The van der Waals surface area contributed by atoms with Crippen LogP contribution in [0.5, 0.6) is 5.75 Å². The van der Waals surface area contributed by atoms with Crippen LogP contribution in [-0.4, -0.2) is 11.0 Å². The van der Waals surface area contributed by atoms with Gasteiger partial charge in [-0.25, -0.2) is 0 Å². The van der Waals surface area contributed by atoms with Crippen LogP contribution in [0.25, 0.3) is 0 Å². The number of halogens is 1. The van der Waals surface area contributed by atoms with Crippen LogP contribution in [0, 0.1) is 0 Å². The Balaban J connectivity index is 2.71. The number of benzene rings is 1. The number of hydrogen-bond donors (Lipinski definition) is 2. The van der Waals surface area contributed by atoms with E-state index in [0.717, 1.165) is 5.56 Å². The summed E-state index contributed by atoms with van der Waals surface area (Å²) in [5.74, 6) is -0.00711. The molecule has 0 radical (unpaired) electrons. The third kappa shape index (κ3) is 3.34. The van der Waals surface area contributed by atoms with Crippen LogP contribution < -0.4 is 5.32 Å². The number of aromatic hydroxyl groups is 1. The molecule has 0 aliphatic rings. The molecule has 0 aliphatic heterocycles. The normalized spacial score (nSPS) is 9.69. The SMILES string of the molecule is CC(=O)NCc1cc(O)cc(Cl)c1. The third-order valence-corrected chi connectivity index (χ3v) is 1.70. The number of carbonyl (C=O) groups excluding carboxylic acids is 1. The Morgan fingerprint density at radius 3 is 2.77 bits per heavy atom. The molecular formula is C9H10ClNO2. The fourth-order valence-electron chi connectivity index (χ4n) is 0.962. The van der Waals surface area contributed by atoms with Crippen molar-refractivity contribution in [2.75, 3.05) is 0 Å². The average Bonchev–Trinajstić information content (AvgIpc) is 1.99. The largest absolute Gasteiger partial charge is 0.508 e. The highest BCUT2D eigenvalue weighted by atomic mass is 35.5. The predicted molar refractivity (Wildman–Crippen MR) is 50.6 cm³/mol. The molecule has 1 rings (SSSR count). The van der Waals surface area contributed by atoms with Crippen LogP contribution >= 0.6 is 11.6 Å². The summed E-state index contributed by atoms with van der Waals surface area (Å²) < 4.78 is 0. The highest BCUT2D eigenvalue weighted by molar-refractivity contribution is 6.30. The second kappa shape index (κ2) is 4.14. The topological polar surface area (TPSA) is 49.3 Å². The molecule has 13 heavy (non-hydrogen) atoms. The van der Waals surface area contributed by atoms with E-state index in [0.29, 0.717) is 11.6 Å². The number of phenols is 1. The molecule has 0 heterocycles. The zero-order valence-corrected chi connectivity index (χ0v) is 7.93. The molecule has 0 spiro atoms. The van der Waals surface area contributed by atoms with Crippen LogP contribution in [0.3, 0.4) is 0 Å². The Hall–Kier alpha value is -1.22. The monoisotopic (exact) mass is 199 g/mol. The quantitative estimate of drug-likeness (QED) is 0.762. The van der Waals surface area contributed by atoms with Crippen molar-refractivity contribution in [2.45, 2.75) is 13.5 Å². The Bertz CT molecular complexity index is 305. The predicted octanol–water partition coefficient (Wildman–Crippen LogP) is 1.68. The molecule has 0 aromatic heterocycles. The molecule has 4 heteroatoms. The lowest BCUT2D eigenvalue weighted by atomic mass is 10.2. The van der Waals surface area contributed by atoms with Crippen LogP contribution in [0.2, 0.25) is 5.02 Å². The van der Waals surface area contributed by atoms with Crippen LogP contribution in [0.1, 0.15) is 12.5 Å². The van der Waals surface area contributed by atoms with Gasteiger partial charge in [-0.2, -0.15) is 0 Å². The van der Waals surface area contributed by atoms with E-state index in [1.54, 1.807) is 12.1 Å². The highest BCUT2D eigenvalue weighted by Crippen LogP contribution is 2.19. The Morgan fingerprint density at radius 1 is 1.54 bits per heavy atom. The first-order chi connectivity index (χ1) is 6.08. The Kier molecular flexibility index (Phi) is 3.14. The Morgan fingerprint density at radius 2 is 2.23 bits per heavy atom. The first-order valence-corrected chi connectivity index (χ1v) is 4.18. The molecule has 2 N–H and O–H groups in total. The van der Waals surface area contributed by atoms with Crippen LogP contribution in [0.15, 0.2) is 18.2 Å². The van der Waals surface area contributed by atoms with Crippen molar-refractivity contribution in [3.8, 4) is 5.75 Å². The van der Waals surface area contributed by atoms with Gasteiger partial charge in [-0.3, -0.25) is 4.79 Å². The fourth-order valence-corrected chi connectivity index (χ4v) is 1.21. The van der Waals surface area contributed by atoms with Crippen molar-refractivity contribution in [1.29, 1.82) is 0 Å². The van der Waals surface area contributed by atoms with E-state index in [1.165, 1.54) is 13.0 Å². The molecule has 0 aliphatic carbocycles. The minimum Gasteiger partial charge on any atom is -0.508 e. The van der Waals surface area contributed by atoms with E-state index in [1.807, 2.05) is 0 Å². The first kappa shape index (κ1) is 9.86. The van der Waals surface area contributed by atoms with E-state index in [4.69, 9.17) is 16.7 Å².